The zero-order chi connectivity index (χ0) is 11.7. The summed E-state index contributed by atoms with van der Waals surface area (Å²) in [6, 6.07) is 0. The number of nitrogens with zero attached hydrogens (tertiary/aromatic N) is 1. The van der Waals surface area contributed by atoms with Crippen molar-refractivity contribution < 1.29 is 4.43 Å². The van der Waals surface area contributed by atoms with Gasteiger partial charge in [0.25, 0.3) is 0 Å². The number of hydrogen-bond donors (Lipinski definition) is 0. The van der Waals surface area contributed by atoms with Gasteiger partial charge in [0, 0.05) is 5.60 Å². The summed E-state index contributed by atoms with van der Waals surface area (Å²) in [5.41, 5.74) is 0.107. The second kappa shape index (κ2) is 8.31. The third kappa shape index (κ3) is 8.00. The van der Waals surface area contributed by atoms with Gasteiger partial charge < -0.3 is 9.33 Å². The smallest absolute Gasteiger partial charge is 0.146 e. The van der Waals surface area contributed by atoms with Crippen LogP contribution in [0.2, 0.25) is 0 Å². The van der Waals surface area contributed by atoms with Crippen LogP contribution in [0.5, 0.6) is 0 Å². The fourth-order valence-electron chi connectivity index (χ4n) is 1.80. The van der Waals surface area contributed by atoms with E-state index in [1.165, 1.54) is 45.3 Å². The third-order valence-electron chi connectivity index (χ3n) is 2.89. The molecule has 15 heavy (non-hydrogen) atoms. The molecule has 0 N–H and O–H groups in total. The van der Waals surface area contributed by atoms with Crippen molar-refractivity contribution in [3.8, 4) is 0 Å². The molecule has 0 amide bonds. The second-order valence-corrected chi connectivity index (χ2v) is 5.32. The SMILES string of the molecule is CCCN(CCC)CCCC(C)(C)O[SiH3]. The highest BCUT2D eigenvalue weighted by atomic mass is 28.2. The van der Waals surface area contributed by atoms with Gasteiger partial charge >= 0.3 is 0 Å². The molecule has 2 nitrogen and oxygen atoms in total. The van der Waals surface area contributed by atoms with E-state index in [1.54, 1.807) is 0 Å². The van der Waals surface area contributed by atoms with Gasteiger partial charge in [-0.05, 0) is 59.2 Å². The average Bonchev–Trinajstić information content (AvgIpc) is 2.18. The lowest BCUT2D eigenvalue weighted by molar-refractivity contribution is 0.104. The van der Waals surface area contributed by atoms with E-state index in [-0.39, 0.29) is 5.60 Å². The van der Waals surface area contributed by atoms with Crippen LogP contribution in [0.1, 0.15) is 53.4 Å². The molecule has 0 fully saturated rings. The molecule has 3 heteroatoms. The molecule has 0 saturated carbocycles. The molecule has 0 aromatic carbocycles. The summed E-state index contributed by atoms with van der Waals surface area (Å²) in [5, 5.41) is 0. The summed E-state index contributed by atoms with van der Waals surface area (Å²) >= 11 is 0. The van der Waals surface area contributed by atoms with Crippen LogP contribution in [0.15, 0.2) is 0 Å². The van der Waals surface area contributed by atoms with E-state index < -0.39 is 0 Å². The van der Waals surface area contributed by atoms with Crippen LogP contribution < -0.4 is 0 Å². The lowest BCUT2D eigenvalue weighted by atomic mass is 10.0. The average molecular weight is 231 g/mol. The molecule has 0 spiro atoms. The first-order valence-corrected chi connectivity index (χ1v) is 7.15. The quantitative estimate of drug-likeness (QED) is 0.563. The fourth-order valence-corrected chi connectivity index (χ4v) is 2.00. The highest BCUT2D eigenvalue weighted by Crippen LogP contribution is 2.15. The highest BCUT2D eigenvalue weighted by Gasteiger charge is 2.15. The molecule has 0 unspecified atom stereocenters. The molecule has 92 valence electrons. The Labute approximate surface area is 98.9 Å². The summed E-state index contributed by atoms with van der Waals surface area (Å²) in [7, 11) is 0.850. The van der Waals surface area contributed by atoms with E-state index in [9.17, 15) is 0 Å². The molecule has 0 aromatic heterocycles. The summed E-state index contributed by atoms with van der Waals surface area (Å²) < 4.78 is 5.56. The van der Waals surface area contributed by atoms with Crippen molar-refractivity contribution in [2.45, 2.75) is 59.0 Å². The Morgan fingerprint density at radius 3 is 2.00 bits per heavy atom. The van der Waals surface area contributed by atoms with Crippen molar-refractivity contribution >= 4 is 10.5 Å². The van der Waals surface area contributed by atoms with Gasteiger partial charge in [-0.3, -0.25) is 0 Å². The lowest BCUT2D eigenvalue weighted by Gasteiger charge is -2.26. The first-order valence-electron chi connectivity index (χ1n) is 6.33. The van der Waals surface area contributed by atoms with Crippen LogP contribution in [-0.4, -0.2) is 40.6 Å². The first-order chi connectivity index (χ1) is 7.05. The predicted molar refractivity (Wildman–Crippen MR) is 71.4 cm³/mol. The molecule has 0 aromatic rings. The monoisotopic (exact) mass is 231 g/mol. The van der Waals surface area contributed by atoms with Crippen LogP contribution in [0.4, 0.5) is 0 Å². The van der Waals surface area contributed by atoms with E-state index in [2.05, 4.69) is 32.6 Å². The van der Waals surface area contributed by atoms with Crippen LogP contribution in [-0.2, 0) is 4.43 Å². The van der Waals surface area contributed by atoms with Crippen LogP contribution in [0, 0.1) is 0 Å². The Kier molecular flexibility index (Phi) is 8.38. The van der Waals surface area contributed by atoms with Gasteiger partial charge in [-0.2, -0.15) is 0 Å². The lowest BCUT2D eigenvalue weighted by Crippen LogP contribution is -2.29. The number of hydrogen-bond acceptors (Lipinski definition) is 2. The Hall–Kier alpha value is 0.137. The normalized spacial score (nSPS) is 12.6. The third-order valence-corrected chi connectivity index (χ3v) is 3.99. The van der Waals surface area contributed by atoms with E-state index in [0.29, 0.717) is 0 Å². The number of rotatable bonds is 9. The topological polar surface area (TPSA) is 12.5 Å². The van der Waals surface area contributed by atoms with Gasteiger partial charge in [-0.25, -0.2) is 0 Å². The Morgan fingerprint density at radius 2 is 1.60 bits per heavy atom. The van der Waals surface area contributed by atoms with Gasteiger partial charge in [-0.1, -0.05) is 13.8 Å². The summed E-state index contributed by atoms with van der Waals surface area (Å²) in [5.74, 6) is 0. The summed E-state index contributed by atoms with van der Waals surface area (Å²) in [6.45, 7) is 12.6. The molecule has 0 saturated heterocycles. The van der Waals surface area contributed by atoms with E-state index in [4.69, 9.17) is 4.43 Å². The predicted octanol–water partition coefficient (Wildman–Crippen LogP) is 1.96. The van der Waals surface area contributed by atoms with E-state index in [1.807, 2.05) is 0 Å². The van der Waals surface area contributed by atoms with Gasteiger partial charge in [0.05, 0.1) is 0 Å². The zero-order valence-electron chi connectivity index (χ0n) is 11.3. The minimum atomic E-state index is 0.107. The van der Waals surface area contributed by atoms with Crippen molar-refractivity contribution in [2.24, 2.45) is 0 Å². The van der Waals surface area contributed by atoms with Crippen molar-refractivity contribution in [3.05, 3.63) is 0 Å². The van der Waals surface area contributed by atoms with E-state index >= 15 is 0 Å². The fraction of sp³-hybridized carbons (Fsp3) is 1.00. The van der Waals surface area contributed by atoms with Gasteiger partial charge in [0.15, 0.2) is 0 Å². The molecule has 0 atom stereocenters. The summed E-state index contributed by atoms with van der Waals surface area (Å²) in [4.78, 5) is 2.57. The Bertz CT molecular complexity index is 145. The molecule has 0 bridgehead atoms. The highest BCUT2D eigenvalue weighted by molar-refractivity contribution is 5.98. The van der Waals surface area contributed by atoms with Crippen molar-refractivity contribution in [2.75, 3.05) is 19.6 Å². The van der Waals surface area contributed by atoms with Crippen LogP contribution in [0.3, 0.4) is 0 Å². The largest absolute Gasteiger partial charge is 0.423 e. The molecule has 0 aliphatic rings. The maximum absolute atomic E-state index is 5.56. The van der Waals surface area contributed by atoms with Gasteiger partial charge in [-0.15, -0.1) is 0 Å². The van der Waals surface area contributed by atoms with Crippen LogP contribution >= 0.6 is 0 Å². The molecule has 0 radical (unpaired) electrons. The standard InChI is InChI=1S/C12H29NOSi/c1-5-9-13(10-6-2)11-7-8-12(3,4)14-15/h5-11H2,1-4,15H3. The van der Waals surface area contributed by atoms with Gasteiger partial charge in [0.2, 0.25) is 0 Å². The molecular weight excluding hydrogens is 202 g/mol. The van der Waals surface area contributed by atoms with Crippen molar-refractivity contribution in [3.63, 3.8) is 0 Å². The van der Waals surface area contributed by atoms with Crippen LogP contribution in [0.25, 0.3) is 0 Å². The maximum atomic E-state index is 5.56. The molecule has 0 heterocycles. The second-order valence-electron chi connectivity index (χ2n) is 4.91. The zero-order valence-corrected chi connectivity index (χ0v) is 13.3. The first kappa shape index (κ1) is 15.1. The summed E-state index contributed by atoms with van der Waals surface area (Å²) in [6.07, 6.45) is 4.97. The van der Waals surface area contributed by atoms with Gasteiger partial charge in [0.1, 0.15) is 10.5 Å². The molecule has 0 aliphatic carbocycles. The minimum Gasteiger partial charge on any atom is -0.423 e. The van der Waals surface area contributed by atoms with Crippen molar-refractivity contribution in [1.82, 2.24) is 4.90 Å². The molecule has 0 aliphatic heterocycles. The maximum Gasteiger partial charge on any atom is 0.146 e. The molecule has 0 rings (SSSR count). The minimum absolute atomic E-state index is 0.107. The Balaban J connectivity index is 3.69. The Morgan fingerprint density at radius 1 is 1.07 bits per heavy atom. The van der Waals surface area contributed by atoms with E-state index in [0.717, 1.165) is 10.5 Å². The van der Waals surface area contributed by atoms with Crippen molar-refractivity contribution in [1.29, 1.82) is 0 Å². The molecular formula is C12H29NOSi.